The van der Waals surface area contributed by atoms with Crippen LogP contribution < -0.4 is 10.1 Å². The van der Waals surface area contributed by atoms with Crippen molar-refractivity contribution in [1.82, 2.24) is 10.2 Å². The second kappa shape index (κ2) is 8.93. The maximum atomic E-state index is 12.5. The Kier molecular flexibility index (Phi) is 6.14. The number of nitrogens with one attached hydrogen (secondary N) is 1. The van der Waals surface area contributed by atoms with E-state index in [4.69, 9.17) is 14.2 Å². The molecule has 0 spiro atoms. The van der Waals surface area contributed by atoms with Gasteiger partial charge in [-0.2, -0.15) is 0 Å². The summed E-state index contributed by atoms with van der Waals surface area (Å²) < 4.78 is 17.2. The Balaban J connectivity index is 1.23. The Morgan fingerprint density at radius 1 is 1.07 bits per heavy atom. The average Bonchev–Trinajstić information content (AvgIpc) is 3.41. The molecular weight excluding hydrogens is 344 g/mol. The normalized spacial score (nSPS) is 24.3. The molecule has 6 heteroatoms. The van der Waals surface area contributed by atoms with Crippen molar-refractivity contribution in [3.8, 4) is 5.75 Å². The fourth-order valence-corrected chi connectivity index (χ4v) is 4.24. The number of rotatable bonds is 5. The van der Waals surface area contributed by atoms with E-state index in [-0.39, 0.29) is 18.2 Å². The Hall–Kier alpha value is -1.79. The smallest absolute Gasteiger partial charge is 0.317 e. The molecule has 1 aromatic carbocycles. The summed E-state index contributed by atoms with van der Waals surface area (Å²) in [5.74, 6) is 1.20. The van der Waals surface area contributed by atoms with E-state index in [0.717, 1.165) is 43.5 Å². The van der Waals surface area contributed by atoms with E-state index in [0.29, 0.717) is 32.4 Å². The predicted octanol–water partition coefficient (Wildman–Crippen LogP) is 3.30. The quantitative estimate of drug-likeness (QED) is 0.859. The highest BCUT2D eigenvalue weighted by Crippen LogP contribution is 2.26. The van der Waals surface area contributed by atoms with Crippen molar-refractivity contribution in [2.24, 2.45) is 5.92 Å². The van der Waals surface area contributed by atoms with E-state index in [1.807, 2.05) is 29.2 Å². The first-order valence-electron chi connectivity index (χ1n) is 10.3. The van der Waals surface area contributed by atoms with Gasteiger partial charge >= 0.3 is 6.03 Å². The van der Waals surface area contributed by atoms with E-state index >= 15 is 0 Å². The number of benzene rings is 1. The molecule has 2 amide bonds. The molecule has 2 heterocycles. The highest BCUT2D eigenvalue weighted by atomic mass is 16.7. The Morgan fingerprint density at radius 2 is 1.81 bits per heavy atom. The van der Waals surface area contributed by atoms with Crippen LogP contribution in [0.4, 0.5) is 4.79 Å². The molecule has 2 aliphatic heterocycles. The number of urea groups is 1. The monoisotopic (exact) mass is 374 g/mol. The molecule has 1 atom stereocenters. The minimum atomic E-state index is -0.145. The summed E-state index contributed by atoms with van der Waals surface area (Å²) in [6.45, 7) is 3.34. The number of likely N-dealkylation sites (tertiary alicyclic amines) is 1. The van der Waals surface area contributed by atoms with Crippen LogP contribution in [0, 0.1) is 5.92 Å². The van der Waals surface area contributed by atoms with Crippen molar-refractivity contribution in [3.63, 3.8) is 0 Å². The number of nitrogens with zero attached hydrogens (tertiary/aromatic N) is 1. The van der Waals surface area contributed by atoms with Crippen LogP contribution in [0.3, 0.4) is 0 Å². The molecule has 27 heavy (non-hydrogen) atoms. The van der Waals surface area contributed by atoms with Gasteiger partial charge in [-0.1, -0.05) is 12.1 Å². The van der Waals surface area contributed by atoms with E-state index in [1.165, 1.54) is 12.8 Å². The average molecular weight is 374 g/mol. The third kappa shape index (κ3) is 4.93. The molecule has 148 valence electrons. The number of piperidine rings is 1. The van der Waals surface area contributed by atoms with Crippen molar-refractivity contribution in [3.05, 3.63) is 29.8 Å². The molecule has 0 radical (unpaired) electrons. The Bertz CT molecular complexity index is 609. The molecule has 3 aliphatic rings. The zero-order chi connectivity index (χ0) is 18.5. The number of carbonyl (C=O) groups is 1. The maximum absolute atomic E-state index is 12.5. The largest absolute Gasteiger partial charge is 0.490 e. The number of hydrogen-bond acceptors (Lipinski definition) is 4. The molecular formula is C21H30N2O4. The van der Waals surface area contributed by atoms with Gasteiger partial charge in [-0.05, 0) is 56.2 Å². The molecule has 4 rings (SSSR count). The first-order chi connectivity index (χ1) is 13.3. The van der Waals surface area contributed by atoms with Crippen LogP contribution in [0.1, 0.15) is 44.1 Å². The lowest BCUT2D eigenvalue weighted by molar-refractivity contribution is -0.0963. The molecule has 1 aliphatic carbocycles. The van der Waals surface area contributed by atoms with Gasteiger partial charge in [-0.15, -0.1) is 0 Å². The van der Waals surface area contributed by atoms with Gasteiger partial charge in [0.1, 0.15) is 5.75 Å². The van der Waals surface area contributed by atoms with Crippen LogP contribution in [0.15, 0.2) is 24.3 Å². The van der Waals surface area contributed by atoms with Gasteiger partial charge in [0, 0.05) is 25.6 Å². The number of ether oxygens (including phenoxy) is 3. The highest BCUT2D eigenvalue weighted by Gasteiger charge is 2.32. The molecule has 1 N–H and O–H groups in total. The summed E-state index contributed by atoms with van der Waals surface area (Å²) in [4.78, 5) is 14.4. The number of amides is 2. The van der Waals surface area contributed by atoms with Crippen LogP contribution in [-0.2, 0) is 16.0 Å². The third-order valence-electron chi connectivity index (χ3n) is 5.75. The van der Waals surface area contributed by atoms with Crippen molar-refractivity contribution >= 4 is 6.03 Å². The topological polar surface area (TPSA) is 60.0 Å². The van der Waals surface area contributed by atoms with Gasteiger partial charge < -0.3 is 24.4 Å². The second-order valence-electron chi connectivity index (χ2n) is 7.79. The SMILES string of the molecule is O=C(NCc1ccc(OC2CCCC2)cc1)N1CCCC(C2OCCO2)C1. The van der Waals surface area contributed by atoms with Gasteiger partial charge in [-0.25, -0.2) is 4.79 Å². The fraction of sp³-hybridized carbons (Fsp3) is 0.667. The first-order valence-corrected chi connectivity index (χ1v) is 10.3. The van der Waals surface area contributed by atoms with Crippen LogP contribution in [0.5, 0.6) is 5.75 Å². The summed E-state index contributed by atoms with van der Waals surface area (Å²) >= 11 is 0. The van der Waals surface area contributed by atoms with Crippen molar-refractivity contribution in [1.29, 1.82) is 0 Å². The Morgan fingerprint density at radius 3 is 2.56 bits per heavy atom. The van der Waals surface area contributed by atoms with E-state index in [2.05, 4.69) is 5.32 Å². The standard InChI is InChI=1S/C21H30N2O4/c24-21(23-11-3-4-17(15-23)20-25-12-13-26-20)22-14-16-7-9-19(10-8-16)27-18-5-1-2-6-18/h7-10,17-18,20H,1-6,11-15H2,(H,22,24). The van der Waals surface area contributed by atoms with Crippen LogP contribution >= 0.6 is 0 Å². The predicted molar refractivity (Wildman–Crippen MR) is 102 cm³/mol. The lowest BCUT2D eigenvalue weighted by Crippen LogP contribution is -2.47. The van der Waals surface area contributed by atoms with Crippen molar-refractivity contribution in [2.45, 2.75) is 57.5 Å². The molecule has 1 unspecified atom stereocenters. The van der Waals surface area contributed by atoms with Gasteiger partial charge in [0.2, 0.25) is 0 Å². The van der Waals surface area contributed by atoms with Crippen LogP contribution in [-0.4, -0.2) is 49.6 Å². The second-order valence-corrected chi connectivity index (χ2v) is 7.79. The summed E-state index contributed by atoms with van der Waals surface area (Å²) in [5, 5.41) is 3.04. The van der Waals surface area contributed by atoms with Gasteiger partial charge in [-0.3, -0.25) is 0 Å². The van der Waals surface area contributed by atoms with Crippen molar-refractivity contribution in [2.75, 3.05) is 26.3 Å². The van der Waals surface area contributed by atoms with Crippen LogP contribution in [0.25, 0.3) is 0 Å². The Labute approximate surface area is 161 Å². The molecule has 0 aromatic heterocycles. The first kappa shape index (κ1) is 18.6. The zero-order valence-electron chi connectivity index (χ0n) is 15.9. The molecule has 6 nitrogen and oxygen atoms in total. The summed E-state index contributed by atoms with van der Waals surface area (Å²) in [5.41, 5.74) is 1.08. The van der Waals surface area contributed by atoms with E-state index in [9.17, 15) is 4.79 Å². The van der Waals surface area contributed by atoms with Crippen LogP contribution in [0.2, 0.25) is 0 Å². The minimum absolute atomic E-state index is 0.0102. The maximum Gasteiger partial charge on any atom is 0.317 e. The van der Waals surface area contributed by atoms with E-state index < -0.39 is 0 Å². The summed E-state index contributed by atoms with van der Waals surface area (Å²) in [6.07, 6.45) is 7.13. The highest BCUT2D eigenvalue weighted by molar-refractivity contribution is 5.74. The zero-order valence-corrected chi connectivity index (χ0v) is 15.9. The van der Waals surface area contributed by atoms with Gasteiger partial charge in [0.25, 0.3) is 0 Å². The van der Waals surface area contributed by atoms with E-state index in [1.54, 1.807) is 0 Å². The van der Waals surface area contributed by atoms with Gasteiger partial charge in [0.15, 0.2) is 6.29 Å². The number of hydrogen-bond donors (Lipinski definition) is 1. The molecule has 0 bridgehead atoms. The molecule has 3 fully saturated rings. The summed E-state index contributed by atoms with van der Waals surface area (Å²) in [7, 11) is 0. The molecule has 1 aromatic rings. The lowest BCUT2D eigenvalue weighted by atomic mass is 9.98. The molecule has 2 saturated heterocycles. The summed E-state index contributed by atoms with van der Waals surface area (Å²) in [6, 6.07) is 8.06. The fourth-order valence-electron chi connectivity index (χ4n) is 4.24. The lowest BCUT2D eigenvalue weighted by Gasteiger charge is -2.34. The minimum Gasteiger partial charge on any atom is -0.490 e. The van der Waals surface area contributed by atoms with Crippen molar-refractivity contribution < 1.29 is 19.0 Å². The van der Waals surface area contributed by atoms with Gasteiger partial charge in [0.05, 0.1) is 19.3 Å². The third-order valence-corrected chi connectivity index (χ3v) is 5.75. The molecule has 1 saturated carbocycles. The number of carbonyl (C=O) groups excluding carboxylic acids is 1.